The summed E-state index contributed by atoms with van der Waals surface area (Å²) in [6.07, 6.45) is 4.61. The van der Waals surface area contributed by atoms with E-state index >= 15 is 0 Å². The molecule has 3 aromatic heterocycles. The second-order valence-corrected chi connectivity index (χ2v) is 9.93. The van der Waals surface area contributed by atoms with E-state index < -0.39 is 10.8 Å². The van der Waals surface area contributed by atoms with Crippen LogP contribution < -0.4 is 16.3 Å². The first-order valence-electron chi connectivity index (χ1n) is 12.4. The van der Waals surface area contributed by atoms with Gasteiger partial charge in [-0.25, -0.2) is 4.98 Å². The number of rotatable bonds is 10. The lowest BCUT2D eigenvalue weighted by Gasteiger charge is -2.18. The number of amides is 2. The standard InChI is InChI=1S/C28H27N5O4S/c1-2-24(26(35)30-17-19-8-7-15-37-19)38-28-31-23-12-6-4-10-21(23)27(36)33(28)32-25(34)14-13-18-16-29-22-11-5-3-9-20(18)22/h3-12,15-16,24,29H,2,13-14,17H2,1H3,(H,30,35)(H,32,34). The van der Waals surface area contributed by atoms with Crippen molar-refractivity contribution < 1.29 is 14.0 Å². The van der Waals surface area contributed by atoms with Crippen molar-refractivity contribution in [2.24, 2.45) is 0 Å². The summed E-state index contributed by atoms with van der Waals surface area (Å²) in [5.41, 5.74) is 4.85. The Balaban J connectivity index is 1.36. The summed E-state index contributed by atoms with van der Waals surface area (Å²) in [7, 11) is 0. The van der Waals surface area contributed by atoms with E-state index in [-0.39, 0.29) is 29.9 Å². The number of aromatic amines is 1. The number of carbonyl (C=O) groups is 2. The number of thioether (sulfide) groups is 1. The van der Waals surface area contributed by atoms with E-state index in [2.05, 4.69) is 20.7 Å². The van der Waals surface area contributed by atoms with Gasteiger partial charge in [-0.15, -0.1) is 0 Å². The van der Waals surface area contributed by atoms with Gasteiger partial charge in [0.1, 0.15) is 5.76 Å². The minimum atomic E-state index is -0.535. The van der Waals surface area contributed by atoms with Crippen molar-refractivity contribution in [3.8, 4) is 0 Å². The third-order valence-electron chi connectivity index (χ3n) is 6.21. The van der Waals surface area contributed by atoms with Crippen LogP contribution in [0.3, 0.4) is 0 Å². The first kappa shape index (κ1) is 25.3. The Bertz CT molecular complexity index is 1640. The average Bonchev–Trinajstić information content (AvgIpc) is 3.61. The molecule has 0 fully saturated rings. The van der Waals surface area contributed by atoms with Gasteiger partial charge in [-0.05, 0) is 48.7 Å². The van der Waals surface area contributed by atoms with E-state index in [1.54, 1.807) is 42.7 Å². The largest absolute Gasteiger partial charge is 0.467 e. The van der Waals surface area contributed by atoms with Crippen molar-refractivity contribution in [1.82, 2.24) is 20.0 Å². The van der Waals surface area contributed by atoms with Crippen LogP contribution in [0.5, 0.6) is 0 Å². The molecule has 1 unspecified atom stereocenters. The molecule has 9 nitrogen and oxygen atoms in total. The lowest BCUT2D eigenvalue weighted by atomic mass is 10.1. The summed E-state index contributed by atoms with van der Waals surface area (Å²) in [6.45, 7) is 2.14. The Kier molecular flexibility index (Phi) is 7.60. The number of carbonyl (C=O) groups excluding carboxylic acids is 2. The maximum absolute atomic E-state index is 13.4. The first-order valence-corrected chi connectivity index (χ1v) is 13.2. The van der Waals surface area contributed by atoms with E-state index in [1.165, 1.54) is 0 Å². The zero-order valence-electron chi connectivity index (χ0n) is 20.8. The highest BCUT2D eigenvalue weighted by Gasteiger charge is 2.23. The van der Waals surface area contributed by atoms with Gasteiger partial charge in [0.25, 0.3) is 5.56 Å². The normalized spacial score (nSPS) is 12.0. The number of fused-ring (bicyclic) bond motifs is 2. The summed E-state index contributed by atoms with van der Waals surface area (Å²) in [4.78, 5) is 47.1. The van der Waals surface area contributed by atoms with Crippen molar-refractivity contribution in [3.63, 3.8) is 0 Å². The Labute approximate surface area is 222 Å². The number of benzene rings is 2. The summed E-state index contributed by atoms with van der Waals surface area (Å²) in [5, 5.41) is 4.01. The van der Waals surface area contributed by atoms with Gasteiger partial charge >= 0.3 is 0 Å². The van der Waals surface area contributed by atoms with Crippen LogP contribution in [0.25, 0.3) is 21.8 Å². The molecule has 0 saturated heterocycles. The zero-order chi connectivity index (χ0) is 26.5. The molecule has 3 heterocycles. The van der Waals surface area contributed by atoms with E-state index in [0.29, 0.717) is 29.5 Å². The van der Waals surface area contributed by atoms with Crippen LogP contribution >= 0.6 is 11.8 Å². The van der Waals surface area contributed by atoms with Crippen molar-refractivity contribution in [1.29, 1.82) is 0 Å². The SMILES string of the molecule is CCC(Sc1nc2ccccc2c(=O)n1NC(=O)CCc1c[nH]c2ccccc12)C(=O)NCc1ccco1. The molecule has 5 rings (SSSR count). The van der Waals surface area contributed by atoms with E-state index in [1.807, 2.05) is 37.4 Å². The lowest BCUT2D eigenvalue weighted by Crippen LogP contribution is -2.37. The highest BCUT2D eigenvalue weighted by atomic mass is 32.2. The smallest absolute Gasteiger partial charge is 0.281 e. The lowest BCUT2D eigenvalue weighted by molar-refractivity contribution is -0.121. The second kappa shape index (κ2) is 11.4. The summed E-state index contributed by atoms with van der Waals surface area (Å²) in [6, 6.07) is 18.4. The number of H-pyrrole nitrogens is 1. The van der Waals surface area contributed by atoms with Crippen molar-refractivity contribution in [2.45, 2.75) is 43.1 Å². The molecule has 38 heavy (non-hydrogen) atoms. The Hall–Kier alpha value is -4.31. The number of aryl methyl sites for hydroxylation is 1. The average molecular weight is 530 g/mol. The van der Waals surface area contributed by atoms with Crippen LogP contribution in [0.15, 0.2) is 87.5 Å². The number of nitrogens with zero attached hydrogens (tertiary/aromatic N) is 2. The van der Waals surface area contributed by atoms with Gasteiger partial charge in [0.2, 0.25) is 11.8 Å². The number of furan rings is 1. The Morgan fingerprint density at radius 2 is 1.87 bits per heavy atom. The summed E-state index contributed by atoms with van der Waals surface area (Å²) >= 11 is 1.14. The van der Waals surface area contributed by atoms with Crippen molar-refractivity contribution in [3.05, 3.63) is 94.8 Å². The molecular weight excluding hydrogens is 502 g/mol. The van der Waals surface area contributed by atoms with Crippen LogP contribution in [0.1, 0.15) is 31.1 Å². The number of hydrogen-bond donors (Lipinski definition) is 3. The molecule has 0 aliphatic rings. The number of para-hydroxylation sites is 2. The molecule has 2 amide bonds. The topological polar surface area (TPSA) is 122 Å². The van der Waals surface area contributed by atoms with Gasteiger partial charge in [-0.1, -0.05) is 49.0 Å². The van der Waals surface area contributed by atoms with Crippen LogP contribution in [0, 0.1) is 0 Å². The van der Waals surface area contributed by atoms with E-state index in [0.717, 1.165) is 32.9 Å². The molecule has 0 spiro atoms. The van der Waals surface area contributed by atoms with Gasteiger partial charge in [0.15, 0.2) is 5.16 Å². The summed E-state index contributed by atoms with van der Waals surface area (Å²) in [5.74, 6) is 0.0987. The first-order chi connectivity index (χ1) is 18.5. The highest BCUT2D eigenvalue weighted by Crippen LogP contribution is 2.25. The fraction of sp³-hybridized carbons (Fsp3) is 0.214. The second-order valence-electron chi connectivity index (χ2n) is 8.76. The van der Waals surface area contributed by atoms with Crippen LogP contribution in [-0.2, 0) is 22.6 Å². The minimum absolute atomic E-state index is 0.173. The molecule has 0 saturated carbocycles. The number of aromatic nitrogens is 3. The van der Waals surface area contributed by atoms with Gasteiger partial charge in [-0.2, -0.15) is 4.68 Å². The van der Waals surface area contributed by atoms with E-state index in [4.69, 9.17) is 4.42 Å². The minimum Gasteiger partial charge on any atom is -0.467 e. The molecule has 3 N–H and O–H groups in total. The van der Waals surface area contributed by atoms with Gasteiger partial charge in [0, 0.05) is 23.5 Å². The van der Waals surface area contributed by atoms with Gasteiger partial charge in [-0.3, -0.25) is 19.8 Å². The molecule has 5 aromatic rings. The molecule has 0 aliphatic heterocycles. The fourth-order valence-corrected chi connectivity index (χ4v) is 5.20. The Morgan fingerprint density at radius 3 is 2.66 bits per heavy atom. The van der Waals surface area contributed by atoms with Crippen molar-refractivity contribution in [2.75, 3.05) is 5.43 Å². The van der Waals surface area contributed by atoms with Crippen LogP contribution in [0.2, 0.25) is 0 Å². The molecule has 1 atom stereocenters. The predicted octanol–water partition coefficient (Wildman–Crippen LogP) is 4.36. The molecule has 0 aliphatic carbocycles. The van der Waals surface area contributed by atoms with Crippen LogP contribution in [0.4, 0.5) is 0 Å². The highest BCUT2D eigenvalue weighted by molar-refractivity contribution is 8.00. The fourth-order valence-electron chi connectivity index (χ4n) is 4.21. The molecule has 0 bridgehead atoms. The molecule has 10 heteroatoms. The molecular formula is C28H27N5O4S. The quantitative estimate of drug-likeness (QED) is 0.183. The van der Waals surface area contributed by atoms with Gasteiger partial charge in [0.05, 0.1) is 29.0 Å². The summed E-state index contributed by atoms with van der Waals surface area (Å²) < 4.78 is 6.45. The van der Waals surface area contributed by atoms with Crippen LogP contribution in [-0.4, -0.2) is 31.7 Å². The zero-order valence-corrected chi connectivity index (χ0v) is 21.6. The number of hydrogen-bond acceptors (Lipinski definition) is 6. The molecule has 194 valence electrons. The molecule has 2 aromatic carbocycles. The van der Waals surface area contributed by atoms with Gasteiger partial charge < -0.3 is 14.7 Å². The number of nitrogens with one attached hydrogen (secondary N) is 3. The maximum atomic E-state index is 13.4. The maximum Gasteiger partial charge on any atom is 0.281 e. The molecule has 0 radical (unpaired) electrons. The monoisotopic (exact) mass is 529 g/mol. The third kappa shape index (κ3) is 5.50. The Morgan fingerprint density at radius 1 is 1.08 bits per heavy atom. The van der Waals surface area contributed by atoms with Crippen molar-refractivity contribution >= 4 is 45.4 Å². The predicted molar refractivity (Wildman–Crippen MR) is 147 cm³/mol. The van der Waals surface area contributed by atoms with E-state index in [9.17, 15) is 14.4 Å². The third-order valence-corrected chi connectivity index (χ3v) is 7.52.